The molecule has 0 bridgehead atoms. The van der Waals surface area contributed by atoms with E-state index >= 15 is 0 Å². The van der Waals surface area contributed by atoms with Crippen molar-refractivity contribution in [2.75, 3.05) is 19.0 Å². The summed E-state index contributed by atoms with van der Waals surface area (Å²) in [5.74, 6) is -0.215. The molecule has 0 fully saturated rings. The molecule has 0 spiro atoms. The average molecular weight is 214 g/mol. The van der Waals surface area contributed by atoms with Gasteiger partial charge in [-0.2, -0.15) is 0 Å². The number of hydrogen-bond acceptors (Lipinski definition) is 1. The molecule has 2 aromatic carbocycles. The number of anilines is 1. The molecule has 2 heteroatoms. The van der Waals surface area contributed by atoms with E-state index in [0.717, 1.165) is 16.8 Å². The number of nitrogens with zero attached hydrogens (tertiary/aromatic N) is 1. The number of hydrogen-bond donors (Lipinski definition) is 0. The highest BCUT2D eigenvalue weighted by Crippen LogP contribution is 2.23. The Morgan fingerprint density at radius 3 is 2.38 bits per heavy atom. The van der Waals surface area contributed by atoms with Crippen LogP contribution in [0.2, 0.25) is 0 Å². The molecule has 1 nitrogen and oxygen atoms in total. The van der Waals surface area contributed by atoms with Crippen molar-refractivity contribution in [1.29, 1.82) is 0 Å². The normalized spacial score (nSPS) is 10.2. The van der Waals surface area contributed by atoms with E-state index in [1.807, 2.05) is 37.2 Å². The van der Waals surface area contributed by atoms with Gasteiger partial charge in [0.15, 0.2) is 0 Å². The maximum absolute atomic E-state index is 12.8. The minimum absolute atomic E-state index is 0.215. The Morgan fingerprint density at radius 2 is 1.75 bits per heavy atom. The van der Waals surface area contributed by atoms with Crippen molar-refractivity contribution in [3.63, 3.8) is 0 Å². The fraction of sp³-hybridized carbons (Fsp3) is 0.143. The van der Waals surface area contributed by atoms with E-state index in [9.17, 15) is 4.39 Å². The van der Waals surface area contributed by atoms with Crippen LogP contribution < -0.4 is 4.90 Å². The molecule has 1 radical (unpaired) electrons. The van der Waals surface area contributed by atoms with Crippen LogP contribution in [0.1, 0.15) is 0 Å². The Morgan fingerprint density at radius 1 is 1.06 bits per heavy atom. The Balaban J connectivity index is 2.40. The van der Waals surface area contributed by atoms with Gasteiger partial charge in [0, 0.05) is 19.8 Å². The van der Waals surface area contributed by atoms with E-state index in [1.54, 1.807) is 12.1 Å². The van der Waals surface area contributed by atoms with Crippen molar-refractivity contribution >= 4 is 5.69 Å². The molecule has 0 saturated carbocycles. The summed E-state index contributed by atoms with van der Waals surface area (Å²) in [7, 11) is 3.98. The third kappa shape index (κ3) is 2.22. The van der Waals surface area contributed by atoms with E-state index in [-0.39, 0.29) is 5.82 Å². The van der Waals surface area contributed by atoms with E-state index < -0.39 is 0 Å². The van der Waals surface area contributed by atoms with Crippen LogP contribution in [0.15, 0.2) is 42.5 Å². The van der Waals surface area contributed by atoms with Crippen molar-refractivity contribution in [2.45, 2.75) is 0 Å². The summed E-state index contributed by atoms with van der Waals surface area (Å²) in [6.07, 6.45) is 0. The van der Waals surface area contributed by atoms with E-state index in [1.165, 1.54) is 12.1 Å². The molecule has 0 unspecified atom stereocenters. The molecule has 0 heterocycles. The standard InChI is InChI=1S/C14H13FN/c1-16(2)14-5-3-4-12(10-14)11-6-8-13(15)9-7-11/h3,5-10H,1-2H3. The summed E-state index contributed by atoms with van der Waals surface area (Å²) in [4.78, 5) is 2.03. The maximum atomic E-state index is 12.8. The van der Waals surface area contributed by atoms with Gasteiger partial charge in [-0.1, -0.05) is 18.2 Å². The molecule has 0 aliphatic carbocycles. The van der Waals surface area contributed by atoms with Gasteiger partial charge in [-0.25, -0.2) is 4.39 Å². The molecule has 0 amide bonds. The predicted octanol–water partition coefficient (Wildman–Crippen LogP) is 3.36. The zero-order chi connectivity index (χ0) is 11.5. The summed E-state index contributed by atoms with van der Waals surface area (Å²) >= 11 is 0. The molecular formula is C14H13FN. The smallest absolute Gasteiger partial charge is 0.123 e. The number of benzene rings is 2. The van der Waals surface area contributed by atoms with Gasteiger partial charge in [-0.3, -0.25) is 0 Å². The van der Waals surface area contributed by atoms with E-state index in [2.05, 4.69) is 6.07 Å². The van der Waals surface area contributed by atoms with Crippen molar-refractivity contribution in [2.24, 2.45) is 0 Å². The lowest BCUT2D eigenvalue weighted by molar-refractivity contribution is 0.628. The summed E-state index contributed by atoms with van der Waals surface area (Å²) in [6.45, 7) is 0. The largest absolute Gasteiger partial charge is 0.378 e. The Bertz CT molecular complexity index is 474. The molecule has 81 valence electrons. The van der Waals surface area contributed by atoms with Gasteiger partial charge in [-0.05, 0) is 41.5 Å². The van der Waals surface area contributed by atoms with Crippen molar-refractivity contribution in [3.05, 3.63) is 54.3 Å². The molecule has 0 N–H and O–H groups in total. The van der Waals surface area contributed by atoms with Crippen LogP contribution in [0.25, 0.3) is 11.1 Å². The third-order valence-electron chi connectivity index (χ3n) is 2.46. The second-order valence-electron chi connectivity index (χ2n) is 3.86. The SMILES string of the molecule is CN(C)c1cc[c]c(-c2ccc(F)cc2)c1. The van der Waals surface area contributed by atoms with Gasteiger partial charge in [0.05, 0.1) is 0 Å². The lowest BCUT2D eigenvalue weighted by atomic mass is 10.1. The summed E-state index contributed by atoms with van der Waals surface area (Å²) in [6, 6.07) is 15.5. The van der Waals surface area contributed by atoms with Crippen LogP contribution in [0.3, 0.4) is 0 Å². The molecule has 0 aliphatic rings. The highest BCUT2D eigenvalue weighted by Gasteiger charge is 2.01. The van der Waals surface area contributed by atoms with E-state index in [4.69, 9.17) is 0 Å². The molecule has 0 atom stereocenters. The van der Waals surface area contributed by atoms with Gasteiger partial charge in [0.2, 0.25) is 0 Å². The van der Waals surface area contributed by atoms with Crippen molar-refractivity contribution < 1.29 is 4.39 Å². The summed E-state index contributed by atoms with van der Waals surface area (Å²) in [5, 5.41) is 0. The van der Waals surface area contributed by atoms with Crippen LogP contribution in [0.5, 0.6) is 0 Å². The zero-order valence-corrected chi connectivity index (χ0v) is 9.37. The Labute approximate surface area is 95.1 Å². The van der Waals surface area contributed by atoms with Gasteiger partial charge in [-0.15, -0.1) is 0 Å². The molecule has 2 rings (SSSR count). The number of rotatable bonds is 2. The van der Waals surface area contributed by atoms with Crippen molar-refractivity contribution in [1.82, 2.24) is 0 Å². The molecule has 0 aromatic heterocycles. The molecule has 16 heavy (non-hydrogen) atoms. The fourth-order valence-corrected chi connectivity index (χ4v) is 1.53. The molecule has 0 aliphatic heterocycles. The second-order valence-corrected chi connectivity index (χ2v) is 3.86. The highest BCUT2D eigenvalue weighted by molar-refractivity contribution is 5.67. The Hall–Kier alpha value is -1.83. The highest BCUT2D eigenvalue weighted by atomic mass is 19.1. The maximum Gasteiger partial charge on any atom is 0.123 e. The van der Waals surface area contributed by atoms with Crippen LogP contribution in [0, 0.1) is 11.9 Å². The summed E-state index contributed by atoms with van der Waals surface area (Å²) in [5.41, 5.74) is 3.06. The van der Waals surface area contributed by atoms with Crippen LogP contribution >= 0.6 is 0 Å². The van der Waals surface area contributed by atoms with Gasteiger partial charge in [0.25, 0.3) is 0 Å². The fourth-order valence-electron chi connectivity index (χ4n) is 1.53. The van der Waals surface area contributed by atoms with Gasteiger partial charge < -0.3 is 4.90 Å². The van der Waals surface area contributed by atoms with Crippen LogP contribution in [-0.2, 0) is 0 Å². The minimum atomic E-state index is -0.215. The van der Waals surface area contributed by atoms with Crippen LogP contribution in [0.4, 0.5) is 10.1 Å². The second kappa shape index (κ2) is 4.35. The third-order valence-corrected chi connectivity index (χ3v) is 2.46. The molecular weight excluding hydrogens is 201 g/mol. The molecule has 2 aromatic rings. The Kier molecular flexibility index (Phi) is 2.91. The van der Waals surface area contributed by atoms with E-state index in [0.29, 0.717) is 0 Å². The molecule has 0 saturated heterocycles. The monoisotopic (exact) mass is 214 g/mol. The topological polar surface area (TPSA) is 3.24 Å². The van der Waals surface area contributed by atoms with Gasteiger partial charge >= 0.3 is 0 Å². The lowest BCUT2D eigenvalue weighted by Crippen LogP contribution is -2.08. The number of halogens is 1. The quantitative estimate of drug-likeness (QED) is 0.741. The first-order valence-corrected chi connectivity index (χ1v) is 5.12. The predicted molar refractivity (Wildman–Crippen MR) is 65.0 cm³/mol. The first-order chi connectivity index (χ1) is 7.66. The first-order valence-electron chi connectivity index (χ1n) is 5.12. The lowest BCUT2D eigenvalue weighted by Gasteiger charge is -2.13. The first kappa shape index (κ1) is 10.7. The average Bonchev–Trinajstić information content (AvgIpc) is 2.30. The summed E-state index contributed by atoms with van der Waals surface area (Å²) < 4.78 is 12.8. The van der Waals surface area contributed by atoms with Gasteiger partial charge in [0.1, 0.15) is 5.82 Å². The minimum Gasteiger partial charge on any atom is -0.378 e. The zero-order valence-electron chi connectivity index (χ0n) is 9.37. The van der Waals surface area contributed by atoms with Crippen molar-refractivity contribution in [3.8, 4) is 11.1 Å². The van der Waals surface area contributed by atoms with Crippen LogP contribution in [-0.4, -0.2) is 14.1 Å².